The number of benzene rings is 2. The fraction of sp³-hybridized carbons (Fsp3) is 0.400. The maximum absolute atomic E-state index is 13.0. The predicted octanol–water partition coefficient (Wildman–Crippen LogP) is 4.84. The first-order valence-electron chi connectivity index (χ1n) is 9.59. The highest BCUT2D eigenvalue weighted by Gasteiger charge is 2.23. The summed E-state index contributed by atoms with van der Waals surface area (Å²) in [5.41, 5.74) is 0.306. The van der Waals surface area contributed by atoms with Crippen molar-refractivity contribution in [2.45, 2.75) is 49.3 Å². The summed E-state index contributed by atoms with van der Waals surface area (Å²) < 4.78 is 55.7. The molecule has 0 aliphatic carbocycles. The molecular weight excluding hydrogens is 476 g/mol. The summed E-state index contributed by atoms with van der Waals surface area (Å²) >= 11 is 3.27. The van der Waals surface area contributed by atoms with Gasteiger partial charge in [-0.2, -0.15) is 4.31 Å². The molecule has 0 aliphatic rings. The van der Waals surface area contributed by atoms with Crippen molar-refractivity contribution < 1.29 is 16.8 Å². The lowest BCUT2D eigenvalue weighted by molar-refractivity contribution is 0.395. The van der Waals surface area contributed by atoms with Crippen LogP contribution in [-0.4, -0.2) is 34.2 Å². The summed E-state index contributed by atoms with van der Waals surface area (Å²) in [4.78, 5) is 0.291. The number of anilines is 1. The third-order valence-electron chi connectivity index (χ3n) is 4.39. The molecule has 2 rings (SSSR count). The molecule has 0 aliphatic heterocycles. The fourth-order valence-electron chi connectivity index (χ4n) is 2.69. The van der Waals surface area contributed by atoms with E-state index in [9.17, 15) is 16.8 Å². The Balaban J connectivity index is 2.20. The van der Waals surface area contributed by atoms with Crippen LogP contribution < -0.4 is 4.72 Å². The Bertz CT molecular complexity index is 982. The van der Waals surface area contributed by atoms with Gasteiger partial charge in [0.05, 0.1) is 9.79 Å². The number of unbranched alkanes of at least 4 members (excludes halogenated alkanes) is 2. The van der Waals surface area contributed by atoms with Crippen LogP contribution in [0.4, 0.5) is 5.69 Å². The van der Waals surface area contributed by atoms with Gasteiger partial charge < -0.3 is 0 Å². The van der Waals surface area contributed by atoms with Gasteiger partial charge in [0.25, 0.3) is 10.0 Å². The van der Waals surface area contributed by atoms with Crippen molar-refractivity contribution in [3.63, 3.8) is 0 Å². The third-order valence-corrected chi connectivity index (χ3v) is 8.23. The normalized spacial score (nSPS) is 12.3. The molecule has 0 aromatic heterocycles. The summed E-state index contributed by atoms with van der Waals surface area (Å²) in [6, 6.07) is 12.1. The fourth-order valence-corrected chi connectivity index (χ4v) is 5.53. The zero-order valence-corrected chi connectivity index (χ0v) is 19.9. The van der Waals surface area contributed by atoms with Crippen molar-refractivity contribution in [3.8, 4) is 0 Å². The number of sulfonamides is 2. The van der Waals surface area contributed by atoms with E-state index in [4.69, 9.17) is 0 Å². The van der Waals surface area contributed by atoms with E-state index in [1.807, 2.05) is 13.8 Å². The first-order valence-corrected chi connectivity index (χ1v) is 13.3. The molecule has 0 heterocycles. The van der Waals surface area contributed by atoms with Gasteiger partial charge in [-0.15, -0.1) is 0 Å². The van der Waals surface area contributed by atoms with E-state index < -0.39 is 20.0 Å². The second-order valence-electron chi connectivity index (χ2n) is 6.69. The lowest BCUT2D eigenvalue weighted by atomic mass is 10.3. The predicted molar refractivity (Wildman–Crippen MR) is 120 cm³/mol. The Morgan fingerprint density at radius 3 is 1.76 bits per heavy atom. The SMILES string of the molecule is CCCCN(CCCC)S(=O)(=O)c1ccc(NS(=O)(=O)c2ccc(Br)cc2)cc1. The number of hydrogen-bond donors (Lipinski definition) is 1. The van der Waals surface area contributed by atoms with Crippen molar-refractivity contribution in [1.29, 1.82) is 0 Å². The average molecular weight is 503 g/mol. The molecule has 29 heavy (non-hydrogen) atoms. The van der Waals surface area contributed by atoms with Crippen LogP contribution in [0.25, 0.3) is 0 Å². The molecule has 0 spiro atoms. The number of rotatable bonds is 11. The van der Waals surface area contributed by atoms with Gasteiger partial charge in [0, 0.05) is 23.2 Å². The molecule has 2 aromatic rings. The van der Waals surface area contributed by atoms with Gasteiger partial charge in [0.15, 0.2) is 0 Å². The maximum Gasteiger partial charge on any atom is 0.261 e. The van der Waals surface area contributed by atoms with Crippen molar-refractivity contribution in [3.05, 3.63) is 53.0 Å². The topological polar surface area (TPSA) is 83.6 Å². The largest absolute Gasteiger partial charge is 0.280 e. The van der Waals surface area contributed by atoms with Crippen molar-refractivity contribution >= 4 is 41.7 Å². The summed E-state index contributed by atoms with van der Waals surface area (Å²) in [5.74, 6) is 0. The quantitative estimate of drug-likeness (QED) is 0.476. The van der Waals surface area contributed by atoms with E-state index in [0.29, 0.717) is 18.8 Å². The first kappa shape index (κ1) is 23.9. The van der Waals surface area contributed by atoms with E-state index >= 15 is 0 Å². The highest BCUT2D eigenvalue weighted by molar-refractivity contribution is 9.10. The first-order chi connectivity index (χ1) is 13.7. The van der Waals surface area contributed by atoms with Gasteiger partial charge in [-0.05, 0) is 61.4 Å². The standard InChI is InChI=1S/C20H27BrN2O4S2/c1-3-5-15-23(16-6-4-2)29(26,27)20-13-9-18(10-14-20)22-28(24,25)19-11-7-17(21)8-12-19/h7-14,22H,3-6,15-16H2,1-2H3. The molecule has 0 saturated heterocycles. The molecule has 0 bridgehead atoms. The van der Waals surface area contributed by atoms with Crippen LogP contribution in [-0.2, 0) is 20.0 Å². The molecule has 0 atom stereocenters. The molecule has 0 amide bonds. The van der Waals surface area contributed by atoms with Gasteiger partial charge in [0.2, 0.25) is 10.0 Å². The molecule has 0 radical (unpaired) electrons. The molecule has 160 valence electrons. The van der Waals surface area contributed by atoms with Gasteiger partial charge in [-0.1, -0.05) is 42.6 Å². The molecular formula is C20H27BrN2O4S2. The van der Waals surface area contributed by atoms with E-state index in [1.165, 1.54) is 40.7 Å². The lowest BCUT2D eigenvalue weighted by Gasteiger charge is -2.22. The minimum Gasteiger partial charge on any atom is -0.280 e. The molecule has 0 unspecified atom stereocenters. The average Bonchev–Trinajstić information content (AvgIpc) is 2.68. The van der Waals surface area contributed by atoms with Crippen LogP contribution in [0.5, 0.6) is 0 Å². The lowest BCUT2D eigenvalue weighted by Crippen LogP contribution is -2.33. The summed E-state index contributed by atoms with van der Waals surface area (Å²) in [6.07, 6.45) is 3.42. The van der Waals surface area contributed by atoms with Crippen LogP contribution >= 0.6 is 15.9 Å². The molecule has 2 aromatic carbocycles. The van der Waals surface area contributed by atoms with Crippen molar-refractivity contribution in [2.24, 2.45) is 0 Å². The number of hydrogen-bond acceptors (Lipinski definition) is 4. The summed E-state index contributed by atoms with van der Waals surface area (Å²) in [6.45, 7) is 5.02. The monoisotopic (exact) mass is 502 g/mol. The van der Waals surface area contributed by atoms with Gasteiger partial charge in [-0.3, -0.25) is 4.72 Å². The minimum atomic E-state index is -3.75. The van der Waals surface area contributed by atoms with Crippen molar-refractivity contribution in [2.75, 3.05) is 17.8 Å². The van der Waals surface area contributed by atoms with Gasteiger partial charge in [-0.25, -0.2) is 16.8 Å². The molecule has 6 nitrogen and oxygen atoms in total. The summed E-state index contributed by atoms with van der Waals surface area (Å²) in [5, 5.41) is 0. The maximum atomic E-state index is 13.0. The minimum absolute atomic E-state index is 0.128. The second kappa shape index (κ2) is 10.6. The molecule has 0 fully saturated rings. The smallest absolute Gasteiger partial charge is 0.261 e. The van der Waals surface area contributed by atoms with E-state index in [1.54, 1.807) is 12.1 Å². The molecule has 1 N–H and O–H groups in total. The van der Waals surface area contributed by atoms with E-state index in [2.05, 4.69) is 20.7 Å². The Kier molecular flexibility index (Phi) is 8.69. The van der Waals surface area contributed by atoms with Crippen LogP contribution in [0.15, 0.2) is 62.8 Å². The van der Waals surface area contributed by atoms with E-state index in [-0.39, 0.29) is 9.79 Å². The third kappa shape index (κ3) is 6.53. The Hall–Kier alpha value is -1.42. The molecule has 9 heteroatoms. The number of nitrogens with one attached hydrogen (secondary N) is 1. The zero-order chi connectivity index (χ0) is 21.5. The summed E-state index contributed by atoms with van der Waals surface area (Å²) in [7, 11) is -7.36. The van der Waals surface area contributed by atoms with Crippen LogP contribution in [0.3, 0.4) is 0 Å². The highest BCUT2D eigenvalue weighted by atomic mass is 79.9. The second-order valence-corrected chi connectivity index (χ2v) is 11.2. The van der Waals surface area contributed by atoms with Gasteiger partial charge >= 0.3 is 0 Å². The molecule has 0 saturated carbocycles. The number of nitrogens with zero attached hydrogens (tertiary/aromatic N) is 1. The van der Waals surface area contributed by atoms with E-state index in [0.717, 1.165) is 30.2 Å². The zero-order valence-electron chi connectivity index (χ0n) is 16.6. The Labute approximate surface area is 182 Å². The Morgan fingerprint density at radius 1 is 0.793 bits per heavy atom. The highest BCUT2D eigenvalue weighted by Crippen LogP contribution is 2.22. The van der Waals surface area contributed by atoms with Crippen molar-refractivity contribution in [1.82, 2.24) is 4.31 Å². The van der Waals surface area contributed by atoms with Crippen LogP contribution in [0.2, 0.25) is 0 Å². The van der Waals surface area contributed by atoms with Gasteiger partial charge in [0.1, 0.15) is 0 Å². The number of halogens is 1. The van der Waals surface area contributed by atoms with Crippen LogP contribution in [0.1, 0.15) is 39.5 Å². The van der Waals surface area contributed by atoms with Crippen LogP contribution in [0, 0.1) is 0 Å². The Morgan fingerprint density at radius 2 is 1.28 bits per heavy atom.